The van der Waals surface area contributed by atoms with Crippen molar-refractivity contribution in [3.05, 3.63) is 81.8 Å². The highest BCUT2D eigenvalue weighted by Gasteiger charge is 2.44. The summed E-state index contributed by atoms with van der Waals surface area (Å²) in [5.41, 5.74) is -1.80. The molecule has 12 heteroatoms. The van der Waals surface area contributed by atoms with Gasteiger partial charge in [0.15, 0.2) is 5.69 Å². The molecular weight excluding hydrogens is 457 g/mol. The quantitative estimate of drug-likeness (QED) is 0.482. The van der Waals surface area contributed by atoms with Crippen molar-refractivity contribution in [3.8, 4) is 5.75 Å². The first-order valence-electron chi connectivity index (χ1n) is 10.8. The lowest BCUT2D eigenvalue weighted by molar-refractivity contribution is 0.0112. The fourth-order valence-corrected chi connectivity index (χ4v) is 4.03. The number of nitrogens with zero attached hydrogens (tertiary/aromatic N) is 5. The predicted molar refractivity (Wildman–Crippen MR) is 122 cm³/mol. The molecule has 1 saturated heterocycles. The summed E-state index contributed by atoms with van der Waals surface area (Å²) >= 11 is 0. The Balaban J connectivity index is 1.67. The van der Waals surface area contributed by atoms with E-state index in [1.807, 2.05) is 11.9 Å². The molecule has 0 radical (unpaired) electrons. The Morgan fingerprint density at radius 1 is 1.23 bits per heavy atom. The van der Waals surface area contributed by atoms with E-state index in [2.05, 4.69) is 25.3 Å². The second-order valence-electron chi connectivity index (χ2n) is 8.48. The van der Waals surface area contributed by atoms with Gasteiger partial charge in [-0.15, -0.1) is 0 Å². The third kappa shape index (κ3) is 4.87. The topological polar surface area (TPSA) is 144 Å². The molecule has 1 fully saturated rings. The van der Waals surface area contributed by atoms with Crippen molar-refractivity contribution in [1.29, 1.82) is 0 Å². The van der Waals surface area contributed by atoms with Crippen molar-refractivity contribution < 1.29 is 19.1 Å². The van der Waals surface area contributed by atoms with Crippen LogP contribution < -0.4 is 10.9 Å². The third-order valence-electron chi connectivity index (χ3n) is 5.89. The average molecular weight is 481 g/mol. The molecule has 2 amide bonds. The molecule has 11 nitrogen and oxygen atoms in total. The van der Waals surface area contributed by atoms with Gasteiger partial charge in [0.1, 0.15) is 22.9 Å². The number of rotatable bonds is 5. The predicted octanol–water partition coefficient (Wildman–Crippen LogP) is 0.638. The van der Waals surface area contributed by atoms with Crippen LogP contribution in [0.25, 0.3) is 0 Å². The summed E-state index contributed by atoms with van der Waals surface area (Å²) in [6.07, 6.45) is 4.21. The molecule has 1 atom stereocenters. The molecule has 3 aromatic rings. The minimum atomic E-state index is -1.15. The molecule has 182 valence electrons. The SMILES string of the molecule is CN1CCN(C(=O)c2cnccn2)C(C)(c2nc(C(=O)NCc3ccc(F)cc3)c(O)c(=O)[nH]2)C1. The molecular formula is C23H24FN7O4. The second-order valence-corrected chi connectivity index (χ2v) is 8.48. The fraction of sp³-hybridized carbons (Fsp3) is 0.304. The van der Waals surface area contributed by atoms with Crippen LogP contribution in [0.2, 0.25) is 0 Å². The summed E-state index contributed by atoms with van der Waals surface area (Å²) in [5.74, 6) is -2.42. The molecule has 2 aromatic heterocycles. The molecule has 0 bridgehead atoms. The maximum Gasteiger partial charge on any atom is 0.294 e. The number of carbonyl (C=O) groups is 2. The Kier molecular flexibility index (Phi) is 6.56. The largest absolute Gasteiger partial charge is 0.501 e. The number of aromatic amines is 1. The minimum Gasteiger partial charge on any atom is -0.501 e. The van der Waals surface area contributed by atoms with E-state index < -0.39 is 40.2 Å². The van der Waals surface area contributed by atoms with E-state index in [-0.39, 0.29) is 18.1 Å². The number of amides is 2. The van der Waals surface area contributed by atoms with Crippen molar-refractivity contribution in [2.24, 2.45) is 0 Å². The first kappa shape index (κ1) is 24.0. The summed E-state index contributed by atoms with van der Waals surface area (Å²) < 4.78 is 13.1. The third-order valence-corrected chi connectivity index (χ3v) is 5.89. The highest BCUT2D eigenvalue weighted by atomic mass is 19.1. The molecule has 1 aliphatic heterocycles. The van der Waals surface area contributed by atoms with Crippen molar-refractivity contribution in [1.82, 2.24) is 35.1 Å². The molecule has 0 spiro atoms. The highest BCUT2D eigenvalue weighted by molar-refractivity contribution is 5.95. The number of halogens is 1. The van der Waals surface area contributed by atoms with E-state index in [1.165, 1.54) is 47.8 Å². The number of aromatic hydroxyl groups is 1. The lowest BCUT2D eigenvalue weighted by Gasteiger charge is -2.47. The smallest absolute Gasteiger partial charge is 0.294 e. The minimum absolute atomic E-state index is 0.0274. The van der Waals surface area contributed by atoms with Crippen molar-refractivity contribution in [2.45, 2.75) is 19.0 Å². The number of nitrogens with one attached hydrogen (secondary N) is 2. The first-order chi connectivity index (χ1) is 16.7. The first-order valence-corrected chi connectivity index (χ1v) is 10.8. The van der Waals surface area contributed by atoms with Crippen LogP contribution in [-0.4, -0.2) is 73.3 Å². The molecule has 0 aliphatic carbocycles. The van der Waals surface area contributed by atoms with Crippen LogP contribution in [0.15, 0.2) is 47.7 Å². The van der Waals surface area contributed by atoms with Crippen LogP contribution in [0.3, 0.4) is 0 Å². The normalized spacial score (nSPS) is 18.3. The standard InChI is InChI=1S/C23H24FN7O4/c1-23(13-30(2)9-10-31(23)21(35)16-12-25-7-8-26-16)22-28-17(18(32)20(34)29-22)19(33)27-11-14-3-5-15(24)6-4-14/h3-8,12,32H,9-11,13H2,1-2H3,(H,27,33)(H,28,29,34). The highest BCUT2D eigenvalue weighted by Crippen LogP contribution is 2.31. The van der Waals surface area contributed by atoms with E-state index in [4.69, 9.17) is 0 Å². The van der Waals surface area contributed by atoms with E-state index in [0.29, 0.717) is 25.2 Å². The summed E-state index contributed by atoms with van der Waals surface area (Å²) in [6, 6.07) is 5.51. The molecule has 3 N–H and O–H groups in total. The summed E-state index contributed by atoms with van der Waals surface area (Å²) in [5, 5.41) is 12.9. The van der Waals surface area contributed by atoms with Gasteiger partial charge in [0.05, 0.1) is 6.20 Å². The van der Waals surface area contributed by atoms with Gasteiger partial charge < -0.3 is 25.2 Å². The van der Waals surface area contributed by atoms with E-state index in [0.717, 1.165) is 0 Å². The number of hydrogen-bond acceptors (Lipinski definition) is 8. The summed E-state index contributed by atoms with van der Waals surface area (Å²) in [4.78, 5) is 57.0. The van der Waals surface area contributed by atoms with Gasteiger partial charge in [-0.2, -0.15) is 0 Å². The zero-order valence-electron chi connectivity index (χ0n) is 19.2. The van der Waals surface area contributed by atoms with Crippen LogP contribution in [0, 0.1) is 5.82 Å². The Morgan fingerprint density at radius 3 is 2.66 bits per heavy atom. The van der Waals surface area contributed by atoms with Gasteiger partial charge in [-0.25, -0.2) is 14.4 Å². The second kappa shape index (κ2) is 9.58. The van der Waals surface area contributed by atoms with Crippen LogP contribution >= 0.6 is 0 Å². The monoisotopic (exact) mass is 481 g/mol. The Morgan fingerprint density at radius 2 is 1.97 bits per heavy atom. The van der Waals surface area contributed by atoms with Crippen molar-refractivity contribution in [3.63, 3.8) is 0 Å². The van der Waals surface area contributed by atoms with Gasteiger partial charge in [0.2, 0.25) is 5.75 Å². The Hall–Kier alpha value is -4.19. The van der Waals surface area contributed by atoms with E-state index >= 15 is 0 Å². The maximum atomic E-state index is 13.3. The van der Waals surface area contributed by atoms with Gasteiger partial charge in [0.25, 0.3) is 17.4 Å². The molecule has 3 heterocycles. The van der Waals surface area contributed by atoms with Crippen molar-refractivity contribution >= 4 is 11.8 Å². The number of benzene rings is 1. The number of likely N-dealkylation sites (N-methyl/N-ethyl adjacent to an activating group) is 1. The molecule has 1 aliphatic rings. The fourth-order valence-electron chi connectivity index (χ4n) is 4.03. The van der Waals surface area contributed by atoms with Gasteiger partial charge in [-0.1, -0.05) is 12.1 Å². The lowest BCUT2D eigenvalue weighted by atomic mass is 9.94. The molecule has 1 aromatic carbocycles. The maximum absolute atomic E-state index is 13.3. The summed E-state index contributed by atoms with van der Waals surface area (Å²) in [7, 11) is 1.86. The summed E-state index contributed by atoms with van der Waals surface area (Å²) in [6.45, 7) is 2.91. The Labute approximate surface area is 199 Å². The number of aromatic nitrogens is 4. The van der Waals surface area contributed by atoms with Gasteiger partial charge in [-0.05, 0) is 31.7 Å². The number of H-pyrrole nitrogens is 1. The van der Waals surface area contributed by atoms with Crippen LogP contribution in [0.5, 0.6) is 5.75 Å². The molecule has 1 unspecified atom stereocenters. The number of piperazine rings is 1. The van der Waals surface area contributed by atoms with Gasteiger partial charge in [-0.3, -0.25) is 19.4 Å². The van der Waals surface area contributed by atoms with Gasteiger partial charge in [0, 0.05) is 38.6 Å². The average Bonchev–Trinajstić information content (AvgIpc) is 2.85. The van der Waals surface area contributed by atoms with Gasteiger partial charge >= 0.3 is 0 Å². The van der Waals surface area contributed by atoms with Crippen LogP contribution in [-0.2, 0) is 12.1 Å². The lowest BCUT2D eigenvalue weighted by Crippen LogP contribution is -2.60. The molecule has 4 rings (SSSR count). The van der Waals surface area contributed by atoms with Crippen LogP contribution in [0.4, 0.5) is 4.39 Å². The zero-order chi connectivity index (χ0) is 25.2. The van der Waals surface area contributed by atoms with Crippen LogP contribution in [0.1, 0.15) is 39.3 Å². The molecule has 0 saturated carbocycles. The Bertz CT molecular complexity index is 1300. The molecule has 35 heavy (non-hydrogen) atoms. The van der Waals surface area contributed by atoms with E-state index in [9.17, 15) is 23.9 Å². The number of carbonyl (C=O) groups excluding carboxylic acids is 2. The van der Waals surface area contributed by atoms with Crippen molar-refractivity contribution in [2.75, 3.05) is 26.7 Å². The zero-order valence-corrected chi connectivity index (χ0v) is 19.2. The van der Waals surface area contributed by atoms with E-state index in [1.54, 1.807) is 6.92 Å². The number of hydrogen-bond donors (Lipinski definition) is 3.